The molecule has 3 rings (SSSR count). The van der Waals surface area contributed by atoms with E-state index >= 15 is 0 Å². The SMILES string of the molecule is Cc1ccc(S(=O)(=O)N[C@@H](C)C(=O)OCc2cc(-c3ccco3)on2)cc1. The lowest BCUT2D eigenvalue weighted by Gasteiger charge is -2.13. The van der Waals surface area contributed by atoms with Gasteiger partial charge < -0.3 is 13.7 Å². The van der Waals surface area contributed by atoms with E-state index in [-0.39, 0.29) is 11.5 Å². The van der Waals surface area contributed by atoms with E-state index in [9.17, 15) is 13.2 Å². The molecule has 0 aliphatic rings. The monoisotopic (exact) mass is 390 g/mol. The van der Waals surface area contributed by atoms with Crippen LogP contribution in [0.25, 0.3) is 11.5 Å². The van der Waals surface area contributed by atoms with E-state index in [1.807, 2.05) is 6.92 Å². The van der Waals surface area contributed by atoms with Gasteiger partial charge in [-0.25, -0.2) is 8.42 Å². The molecular weight excluding hydrogens is 372 g/mol. The van der Waals surface area contributed by atoms with Gasteiger partial charge in [0.05, 0.1) is 11.2 Å². The standard InChI is InChI=1S/C18H18N2O6S/c1-12-5-7-15(8-6-12)27(22,23)20-13(2)18(21)25-11-14-10-17(26-19-14)16-4-3-9-24-16/h3-10,13,20H,11H2,1-2H3/t13-/m0/s1. The number of nitrogens with zero attached hydrogens (tertiary/aromatic N) is 1. The summed E-state index contributed by atoms with van der Waals surface area (Å²) in [6, 6.07) is 10.2. The maximum absolute atomic E-state index is 12.3. The summed E-state index contributed by atoms with van der Waals surface area (Å²) in [6.07, 6.45) is 1.50. The summed E-state index contributed by atoms with van der Waals surface area (Å²) in [6.45, 7) is 3.11. The lowest BCUT2D eigenvalue weighted by Crippen LogP contribution is -2.39. The van der Waals surface area contributed by atoms with Gasteiger partial charge in [0.1, 0.15) is 18.3 Å². The second kappa shape index (κ2) is 7.77. The average molecular weight is 390 g/mol. The molecule has 0 bridgehead atoms. The highest BCUT2D eigenvalue weighted by Crippen LogP contribution is 2.20. The molecule has 27 heavy (non-hydrogen) atoms. The molecule has 0 aliphatic carbocycles. The van der Waals surface area contributed by atoms with Crippen molar-refractivity contribution < 1.29 is 26.9 Å². The number of ether oxygens (including phenoxy) is 1. The van der Waals surface area contributed by atoms with Crippen LogP contribution in [0.1, 0.15) is 18.2 Å². The molecule has 9 heteroatoms. The summed E-state index contributed by atoms with van der Waals surface area (Å²) >= 11 is 0. The van der Waals surface area contributed by atoms with Gasteiger partial charge in [0.25, 0.3) is 0 Å². The van der Waals surface area contributed by atoms with Gasteiger partial charge in [-0.3, -0.25) is 4.79 Å². The van der Waals surface area contributed by atoms with Gasteiger partial charge in [-0.2, -0.15) is 4.72 Å². The Kier molecular flexibility index (Phi) is 5.43. The lowest BCUT2D eigenvalue weighted by atomic mass is 10.2. The van der Waals surface area contributed by atoms with Gasteiger partial charge in [-0.05, 0) is 38.1 Å². The highest BCUT2D eigenvalue weighted by molar-refractivity contribution is 7.89. The molecule has 0 saturated heterocycles. The molecule has 2 heterocycles. The fourth-order valence-corrected chi connectivity index (χ4v) is 3.44. The predicted molar refractivity (Wildman–Crippen MR) is 95.0 cm³/mol. The Morgan fingerprint density at radius 2 is 1.96 bits per heavy atom. The molecular formula is C18H18N2O6S. The normalized spacial score (nSPS) is 12.7. The average Bonchev–Trinajstić information content (AvgIpc) is 3.31. The van der Waals surface area contributed by atoms with E-state index in [2.05, 4.69) is 9.88 Å². The summed E-state index contributed by atoms with van der Waals surface area (Å²) in [5.41, 5.74) is 1.31. The first-order chi connectivity index (χ1) is 12.8. The van der Waals surface area contributed by atoms with Crippen LogP contribution in [0.4, 0.5) is 0 Å². The molecule has 1 N–H and O–H groups in total. The number of benzene rings is 1. The zero-order valence-electron chi connectivity index (χ0n) is 14.7. The number of sulfonamides is 1. The molecule has 0 saturated carbocycles. The minimum absolute atomic E-state index is 0.0762. The number of nitrogens with one attached hydrogen (secondary N) is 1. The van der Waals surface area contributed by atoms with Crippen molar-refractivity contribution in [3.8, 4) is 11.5 Å². The van der Waals surface area contributed by atoms with E-state index in [0.717, 1.165) is 5.56 Å². The van der Waals surface area contributed by atoms with Crippen LogP contribution in [0.2, 0.25) is 0 Å². The zero-order valence-corrected chi connectivity index (χ0v) is 15.5. The Hall–Kier alpha value is -2.91. The molecule has 142 valence electrons. The zero-order chi connectivity index (χ0) is 19.4. The molecule has 1 atom stereocenters. The molecule has 0 fully saturated rings. The predicted octanol–water partition coefficient (Wildman–Crippen LogP) is 2.65. The van der Waals surface area contributed by atoms with Crippen molar-refractivity contribution in [2.45, 2.75) is 31.4 Å². The van der Waals surface area contributed by atoms with Crippen LogP contribution in [0.3, 0.4) is 0 Å². The molecule has 2 aromatic heterocycles. The number of furan rings is 1. The number of hydrogen-bond acceptors (Lipinski definition) is 7. The molecule has 0 aliphatic heterocycles. The van der Waals surface area contributed by atoms with Crippen molar-refractivity contribution in [3.63, 3.8) is 0 Å². The minimum Gasteiger partial charge on any atom is -0.461 e. The minimum atomic E-state index is -3.83. The maximum atomic E-state index is 12.3. The van der Waals surface area contributed by atoms with E-state index < -0.39 is 22.0 Å². The second-order valence-electron chi connectivity index (χ2n) is 5.92. The summed E-state index contributed by atoms with van der Waals surface area (Å²) in [5.74, 6) is 0.173. The third-order valence-electron chi connectivity index (χ3n) is 3.70. The van der Waals surface area contributed by atoms with E-state index in [0.29, 0.717) is 17.2 Å². The number of carbonyl (C=O) groups is 1. The van der Waals surface area contributed by atoms with E-state index in [1.165, 1.54) is 25.3 Å². The highest BCUT2D eigenvalue weighted by Gasteiger charge is 2.23. The smallest absolute Gasteiger partial charge is 0.324 e. The van der Waals surface area contributed by atoms with Gasteiger partial charge in [0.2, 0.25) is 15.8 Å². The lowest BCUT2D eigenvalue weighted by molar-refractivity contribution is -0.146. The van der Waals surface area contributed by atoms with Crippen molar-refractivity contribution in [3.05, 3.63) is 60.0 Å². The van der Waals surface area contributed by atoms with Crippen LogP contribution in [0.5, 0.6) is 0 Å². The second-order valence-corrected chi connectivity index (χ2v) is 7.64. The molecule has 8 nitrogen and oxygen atoms in total. The Bertz CT molecular complexity index is 1010. The van der Waals surface area contributed by atoms with Crippen molar-refractivity contribution in [1.29, 1.82) is 0 Å². The molecule has 1 aromatic carbocycles. The van der Waals surface area contributed by atoms with Gasteiger partial charge in [-0.15, -0.1) is 0 Å². The largest absolute Gasteiger partial charge is 0.461 e. The van der Waals surface area contributed by atoms with Crippen LogP contribution in [-0.4, -0.2) is 25.6 Å². The number of esters is 1. The van der Waals surface area contributed by atoms with Crippen LogP contribution in [0, 0.1) is 6.92 Å². The number of carbonyl (C=O) groups excluding carboxylic acids is 1. The first-order valence-electron chi connectivity index (χ1n) is 8.10. The topological polar surface area (TPSA) is 112 Å². The van der Waals surface area contributed by atoms with Gasteiger partial charge in [-0.1, -0.05) is 22.9 Å². The molecule has 0 spiro atoms. The van der Waals surface area contributed by atoms with Crippen LogP contribution in [-0.2, 0) is 26.2 Å². The molecule has 0 radical (unpaired) electrons. The quantitative estimate of drug-likeness (QED) is 0.617. The number of hydrogen-bond donors (Lipinski definition) is 1. The van der Waals surface area contributed by atoms with Gasteiger partial charge in [0, 0.05) is 6.07 Å². The fraction of sp³-hybridized carbons (Fsp3) is 0.222. The highest BCUT2D eigenvalue weighted by atomic mass is 32.2. The third kappa shape index (κ3) is 4.63. The Labute approximate surface area is 156 Å². The maximum Gasteiger partial charge on any atom is 0.324 e. The summed E-state index contributed by atoms with van der Waals surface area (Å²) < 4.78 is 42.3. The third-order valence-corrected chi connectivity index (χ3v) is 5.26. The summed E-state index contributed by atoms with van der Waals surface area (Å²) in [7, 11) is -3.83. The van der Waals surface area contributed by atoms with Gasteiger partial charge >= 0.3 is 5.97 Å². The molecule has 3 aromatic rings. The van der Waals surface area contributed by atoms with E-state index in [4.69, 9.17) is 13.7 Å². The Balaban J connectivity index is 1.57. The summed E-state index contributed by atoms with van der Waals surface area (Å²) in [4.78, 5) is 12.2. The first-order valence-corrected chi connectivity index (χ1v) is 9.58. The fourth-order valence-electron chi connectivity index (χ4n) is 2.25. The van der Waals surface area contributed by atoms with Crippen molar-refractivity contribution >= 4 is 16.0 Å². The van der Waals surface area contributed by atoms with Crippen LogP contribution < -0.4 is 4.72 Å². The summed E-state index contributed by atoms with van der Waals surface area (Å²) in [5, 5.41) is 3.78. The van der Waals surface area contributed by atoms with Crippen molar-refractivity contribution in [2.75, 3.05) is 0 Å². The first kappa shape index (κ1) is 18.9. The Morgan fingerprint density at radius 3 is 2.63 bits per heavy atom. The van der Waals surface area contributed by atoms with Crippen LogP contribution in [0.15, 0.2) is 62.6 Å². The number of aromatic nitrogens is 1. The molecule has 0 unspecified atom stereocenters. The van der Waals surface area contributed by atoms with Crippen molar-refractivity contribution in [1.82, 2.24) is 9.88 Å². The number of aryl methyl sites for hydroxylation is 1. The van der Waals surface area contributed by atoms with E-state index in [1.54, 1.807) is 30.3 Å². The van der Waals surface area contributed by atoms with Gasteiger partial charge in [0.15, 0.2) is 5.76 Å². The van der Waals surface area contributed by atoms with Crippen molar-refractivity contribution in [2.24, 2.45) is 0 Å². The number of rotatable bonds is 7. The van der Waals surface area contributed by atoms with Crippen LogP contribution >= 0.6 is 0 Å². The molecule has 0 amide bonds. The Morgan fingerprint density at radius 1 is 1.22 bits per heavy atom.